The number of hydrogen-bond acceptors (Lipinski definition) is 4. The molecule has 2 aliphatic heterocycles. The van der Waals surface area contributed by atoms with Gasteiger partial charge in [-0.25, -0.2) is 4.99 Å². The number of benzene rings is 1. The first-order valence-electron chi connectivity index (χ1n) is 7.03. The van der Waals surface area contributed by atoms with Crippen LogP contribution in [0.15, 0.2) is 29.3 Å². The molecule has 2 aliphatic rings. The molecule has 0 amide bonds. The fraction of sp³-hybridized carbons (Fsp3) is 0.533. The molecule has 1 aromatic carbocycles. The van der Waals surface area contributed by atoms with Crippen molar-refractivity contribution in [2.75, 3.05) is 13.2 Å². The molecule has 1 saturated heterocycles. The first-order valence-corrected chi connectivity index (χ1v) is 7.03. The fourth-order valence-corrected chi connectivity index (χ4v) is 2.73. The van der Waals surface area contributed by atoms with Gasteiger partial charge in [0, 0.05) is 6.42 Å². The third-order valence-corrected chi connectivity index (χ3v) is 3.79. The Hall–Kier alpha value is -1.55. The van der Waals surface area contributed by atoms with Crippen molar-refractivity contribution in [3.05, 3.63) is 29.8 Å². The Balaban J connectivity index is 1.64. The second-order valence-corrected chi connectivity index (χ2v) is 5.27. The van der Waals surface area contributed by atoms with Gasteiger partial charge in [0.2, 0.25) is 5.90 Å². The number of ether oxygens (including phenoxy) is 1. The number of rotatable bonds is 3. The van der Waals surface area contributed by atoms with Crippen LogP contribution in [0.1, 0.15) is 24.8 Å². The number of nitrogens with zero attached hydrogens (tertiary/aromatic N) is 1. The topological polar surface area (TPSA) is 53.9 Å². The van der Waals surface area contributed by atoms with Crippen molar-refractivity contribution in [2.45, 2.75) is 37.8 Å². The molecule has 1 aromatic rings. The van der Waals surface area contributed by atoms with Crippen LogP contribution >= 0.6 is 0 Å². The smallest absolute Gasteiger partial charge is 0.201 e. The zero-order chi connectivity index (χ0) is 13.1. The second-order valence-electron chi connectivity index (χ2n) is 5.27. The van der Waals surface area contributed by atoms with E-state index in [1.807, 2.05) is 18.2 Å². The van der Waals surface area contributed by atoms with Crippen LogP contribution in [-0.2, 0) is 11.2 Å². The van der Waals surface area contributed by atoms with Gasteiger partial charge in [-0.3, -0.25) is 0 Å². The number of hydrogen-bond donors (Lipinski definition) is 2. The van der Waals surface area contributed by atoms with E-state index < -0.39 is 0 Å². The van der Waals surface area contributed by atoms with Crippen LogP contribution in [0.2, 0.25) is 0 Å². The van der Waals surface area contributed by atoms with Crippen molar-refractivity contribution < 1.29 is 9.84 Å². The van der Waals surface area contributed by atoms with E-state index in [9.17, 15) is 5.11 Å². The molecule has 2 N–H and O–H groups in total. The summed E-state index contributed by atoms with van der Waals surface area (Å²) in [5.41, 5.74) is 0.942. The standard InChI is InChI=1S/C15H20N2O2/c18-14-7-2-1-5-11(14)9-12-10-19-15(17-12)13-6-3-4-8-16-13/h1-2,5,7,12-13,16,18H,3-4,6,8-10H2. The normalized spacial score (nSPS) is 26.8. The number of para-hydroxylation sites is 1. The minimum absolute atomic E-state index is 0.132. The largest absolute Gasteiger partial charge is 0.508 e. The van der Waals surface area contributed by atoms with E-state index in [0.717, 1.165) is 30.8 Å². The summed E-state index contributed by atoms with van der Waals surface area (Å²) in [6.45, 7) is 1.68. The zero-order valence-electron chi connectivity index (χ0n) is 11.0. The lowest BCUT2D eigenvalue weighted by Gasteiger charge is -2.22. The summed E-state index contributed by atoms with van der Waals surface area (Å²) < 4.78 is 5.72. The van der Waals surface area contributed by atoms with Gasteiger partial charge in [-0.2, -0.15) is 0 Å². The fourth-order valence-electron chi connectivity index (χ4n) is 2.73. The Kier molecular flexibility index (Phi) is 3.69. The van der Waals surface area contributed by atoms with Gasteiger partial charge in [0.05, 0.1) is 12.1 Å². The molecular formula is C15H20N2O2. The third-order valence-electron chi connectivity index (χ3n) is 3.79. The first kappa shape index (κ1) is 12.5. The Bertz CT molecular complexity index is 467. The molecule has 102 valence electrons. The van der Waals surface area contributed by atoms with Crippen LogP contribution in [0, 0.1) is 0 Å². The summed E-state index contributed by atoms with van der Waals surface area (Å²) in [7, 11) is 0. The van der Waals surface area contributed by atoms with E-state index in [-0.39, 0.29) is 6.04 Å². The Morgan fingerprint density at radius 3 is 3.00 bits per heavy atom. The molecule has 2 heterocycles. The second kappa shape index (κ2) is 5.61. The summed E-state index contributed by atoms with van der Waals surface area (Å²) >= 11 is 0. The van der Waals surface area contributed by atoms with Crippen molar-refractivity contribution in [1.82, 2.24) is 5.32 Å². The summed E-state index contributed by atoms with van der Waals surface area (Å²) in [5.74, 6) is 1.21. The highest BCUT2D eigenvalue weighted by molar-refractivity contribution is 5.83. The molecule has 2 unspecified atom stereocenters. The minimum Gasteiger partial charge on any atom is -0.508 e. The molecule has 4 nitrogen and oxygen atoms in total. The molecule has 0 aromatic heterocycles. The number of phenols is 1. The van der Waals surface area contributed by atoms with Crippen LogP contribution in [-0.4, -0.2) is 36.2 Å². The van der Waals surface area contributed by atoms with Crippen molar-refractivity contribution in [3.8, 4) is 5.75 Å². The highest BCUT2D eigenvalue weighted by Gasteiger charge is 2.27. The molecule has 0 aliphatic carbocycles. The maximum atomic E-state index is 9.78. The number of aromatic hydroxyl groups is 1. The molecule has 3 rings (SSSR count). The lowest BCUT2D eigenvalue weighted by atomic mass is 10.0. The van der Waals surface area contributed by atoms with Crippen LogP contribution in [0.4, 0.5) is 0 Å². The lowest BCUT2D eigenvalue weighted by molar-refractivity contribution is 0.290. The predicted molar refractivity (Wildman–Crippen MR) is 74.6 cm³/mol. The van der Waals surface area contributed by atoms with Crippen LogP contribution in [0.25, 0.3) is 0 Å². The molecule has 19 heavy (non-hydrogen) atoms. The highest BCUT2D eigenvalue weighted by atomic mass is 16.5. The monoisotopic (exact) mass is 260 g/mol. The van der Waals surface area contributed by atoms with Crippen molar-refractivity contribution in [2.24, 2.45) is 4.99 Å². The van der Waals surface area contributed by atoms with Crippen LogP contribution in [0.3, 0.4) is 0 Å². The molecule has 0 bridgehead atoms. The summed E-state index contributed by atoms with van der Waals surface area (Å²) in [6.07, 6.45) is 4.33. The summed E-state index contributed by atoms with van der Waals surface area (Å²) in [6, 6.07) is 7.87. The SMILES string of the molecule is Oc1ccccc1CC1COC(C2CCCCN2)=N1. The average Bonchev–Trinajstić information content (AvgIpc) is 2.91. The van der Waals surface area contributed by atoms with Gasteiger partial charge in [0.1, 0.15) is 12.4 Å². The van der Waals surface area contributed by atoms with Crippen molar-refractivity contribution >= 4 is 5.90 Å². The Morgan fingerprint density at radius 2 is 2.21 bits per heavy atom. The quantitative estimate of drug-likeness (QED) is 0.872. The number of aliphatic imine (C=N–C) groups is 1. The maximum Gasteiger partial charge on any atom is 0.201 e. The minimum atomic E-state index is 0.132. The lowest BCUT2D eigenvalue weighted by Crippen LogP contribution is -2.40. The number of nitrogens with one attached hydrogen (secondary N) is 1. The summed E-state index contributed by atoms with van der Waals surface area (Å²) in [5, 5.41) is 13.2. The molecular weight excluding hydrogens is 240 g/mol. The van der Waals surface area contributed by atoms with Gasteiger partial charge in [-0.1, -0.05) is 24.6 Å². The molecule has 0 saturated carbocycles. The molecule has 0 radical (unpaired) electrons. The van der Waals surface area contributed by atoms with E-state index in [0.29, 0.717) is 18.4 Å². The van der Waals surface area contributed by atoms with Crippen LogP contribution < -0.4 is 5.32 Å². The van der Waals surface area contributed by atoms with E-state index in [1.54, 1.807) is 6.07 Å². The predicted octanol–water partition coefficient (Wildman–Crippen LogP) is 1.87. The third kappa shape index (κ3) is 2.89. The Labute approximate surface area is 113 Å². The van der Waals surface area contributed by atoms with E-state index >= 15 is 0 Å². The molecule has 4 heteroatoms. The van der Waals surface area contributed by atoms with E-state index in [4.69, 9.17) is 4.74 Å². The van der Waals surface area contributed by atoms with Crippen molar-refractivity contribution in [1.29, 1.82) is 0 Å². The van der Waals surface area contributed by atoms with E-state index in [2.05, 4.69) is 10.3 Å². The average molecular weight is 260 g/mol. The highest BCUT2D eigenvalue weighted by Crippen LogP contribution is 2.21. The van der Waals surface area contributed by atoms with Crippen molar-refractivity contribution in [3.63, 3.8) is 0 Å². The van der Waals surface area contributed by atoms with Gasteiger partial charge < -0.3 is 15.2 Å². The van der Waals surface area contributed by atoms with Gasteiger partial charge in [0.25, 0.3) is 0 Å². The molecule has 2 atom stereocenters. The number of phenolic OH excluding ortho intramolecular Hbond substituents is 1. The van der Waals surface area contributed by atoms with E-state index in [1.165, 1.54) is 12.8 Å². The number of piperidine rings is 1. The van der Waals surface area contributed by atoms with Gasteiger partial charge >= 0.3 is 0 Å². The Morgan fingerprint density at radius 1 is 1.32 bits per heavy atom. The molecule has 0 spiro atoms. The van der Waals surface area contributed by atoms with Gasteiger partial charge in [-0.15, -0.1) is 0 Å². The molecule has 1 fully saturated rings. The van der Waals surface area contributed by atoms with Gasteiger partial charge in [0.15, 0.2) is 0 Å². The maximum absolute atomic E-state index is 9.78. The van der Waals surface area contributed by atoms with Gasteiger partial charge in [-0.05, 0) is 31.0 Å². The van der Waals surface area contributed by atoms with Crippen LogP contribution in [0.5, 0.6) is 5.75 Å². The zero-order valence-corrected chi connectivity index (χ0v) is 11.0. The first-order chi connectivity index (χ1) is 9.33. The summed E-state index contributed by atoms with van der Waals surface area (Å²) in [4.78, 5) is 4.67.